The van der Waals surface area contributed by atoms with Crippen LogP contribution in [0.4, 0.5) is 5.69 Å². The van der Waals surface area contributed by atoms with E-state index < -0.39 is 11.1 Å². The highest BCUT2D eigenvalue weighted by atomic mass is 16.2. The summed E-state index contributed by atoms with van der Waals surface area (Å²) in [6, 6.07) is 5.78. The lowest BCUT2D eigenvalue weighted by Gasteiger charge is -2.14. The second-order valence-corrected chi connectivity index (χ2v) is 4.58. The normalized spacial score (nSPS) is 12.3. The molecule has 0 spiro atoms. The molecule has 0 fully saturated rings. The number of H-pyrrole nitrogens is 2. The molecule has 3 N–H and O–H groups in total. The van der Waals surface area contributed by atoms with Gasteiger partial charge in [-0.1, -0.05) is 6.08 Å². The minimum absolute atomic E-state index is 0.310. The van der Waals surface area contributed by atoms with Crippen molar-refractivity contribution < 1.29 is 0 Å². The number of nitrogens with one attached hydrogen (secondary N) is 3. The van der Waals surface area contributed by atoms with Crippen molar-refractivity contribution in [1.29, 1.82) is 0 Å². The summed E-state index contributed by atoms with van der Waals surface area (Å²) in [5, 5.41) is 3.34. The summed E-state index contributed by atoms with van der Waals surface area (Å²) in [6.45, 7) is 5.78. The quantitative estimate of drug-likeness (QED) is 0.567. The van der Waals surface area contributed by atoms with Gasteiger partial charge in [-0.3, -0.25) is 9.59 Å². The van der Waals surface area contributed by atoms with Crippen molar-refractivity contribution in [1.82, 2.24) is 9.97 Å². The molecule has 0 radical (unpaired) electrons. The number of hydrogen-bond acceptors (Lipinski definition) is 3. The summed E-state index contributed by atoms with van der Waals surface area (Å²) in [5.74, 6) is 0. The highest BCUT2D eigenvalue weighted by Crippen LogP contribution is 2.15. The molecule has 2 rings (SSSR count). The Kier molecular flexibility index (Phi) is 3.85. The van der Waals surface area contributed by atoms with Crippen molar-refractivity contribution in [2.45, 2.75) is 25.8 Å². The third-order valence-electron chi connectivity index (χ3n) is 2.94. The first-order valence-electron chi connectivity index (χ1n) is 6.24. The first-order chi connectivity index (χ1) is 9.10. The highest BCUT2D eigenvalue weighted by Gasteiger charge is 2.03. The van der Waals surface area contributed by atoms with Gasteiger partial charge in [-0.25, -0.2) is 0 Å². The van der Waals surface area contributed by atoms with E-state index in [1.807, 2.05) is 18.2 Å². The number of fused-ring (bicyclic) bond motifs is 1. The number of aromatic amines is 2. The van der Waals surface area contributed by atoms with Gasteiger partial charge in [0.2, 0.25) is 0 Å². The second kappa shape index (κ2) is 5.56. The molecule has 0 aliphatic carbocycles. The second-order valence-electron chi connectivity index (χ2n) is 4.58. The molecule has 5 heteroatoms. The summed E-state index contributed by atoms with van der Waals surface area (Å²) in [4.78, 5) is 27.6. The lowest BCUT2D eigenvalue weighted by molar-refractivity contribution is 0.719. The molecule has 0 bridgehead atoms. The number of hydrogen-bond donors (Lipinski definition) is 3. The van der Waals surface area contributed by atoms with Crippen molar-refractivity contribution in [3.63, 3.8) is 0 Å². The Bertz CT molecular complexity index is 700. The number of aromatic nitrogens is 2. The number of rotatable bonds is 5. The van der Waals surface area contributed by atoms with Crippen molar-refractivity contribution in [2.24, 2.45) is 0 Å². The molecular weight excluding hydrogens is 242 g/mol. The molecule has 0 saturated carbocycles. The average molecular weight is 259 g/mol. The van der Waals surface area contributed by atoms with E-state index >= 15 is 0 Å². The summed E-state index contributed by atoms with van der Waals surface area (Å²) in [5.41, 5.74) is 0.878. The molecule has 1 heterocycles. The van der Waals surface area contributed by atoms with Crippen LogP contribution in [0.5, 0.6) is 0 Å². The van der Waals surface area contributed by atoms with E-state index in [1.54, 1.807) is 6.07 Å². The zero-order valence-electron chi connectivity index (χ0n) is 10.8. The van der Waals surface area contributed by atoms with Gasteiger partial charge in [0.15, 0.2) is 0 Å². The van der Waals surface area contributed by atoms with E-state index in [4.69, 9.17) is 0 Å². The van der Waals surface area contributed by atoms with Crippen LogP contribution >= 0.6 is 0 Å². The van der Waals surface area contributed by atoms with E-state index in [0.717, 1.165) is 18.5 Å². The van der Waals surface area contributed by atoms with Crippen molar-refractivity contribution in [2.75, 3.05) is 5.32 Å². The Morgan fingerprint density at radius 1 is 1.26 bits per heavy atom. The third-order valence-corrected chi connectivity index (χ3v) is 2.94. The predicted molar refractivity (Wildman–Crippen MR) is 77.7 cm³/mol. The Morgan fingerprint density at radius 3 is 2.63 bits per heavy atom. The molecule has 0 aliphatic heterocycles. The van der Waals surface area contributed by atoms with Gasteiger partial charge in [-0.2, -0.15) is 0 Å². The summed E-state index contributed by atoms with van der Waals surface area (Å²) >= 11 is 0. The fraction of sp³-hybridized carbons (Fsp3) is 0.286. The van der Waals surface area contributed by atoms with Crippen LogP contribution in [0, 0.1) is 0 Å². The Labute approximate surface area is 110 Å². The maximum absolute atomic E-state index is 11.3. The maximum atomic E-state index is 11.3. The molecule has 0 saturated heterocycles. The molecule has 5 nitrogen and oxygen atoms in total. The first-order valence-corrected chi connectivity index (χ1v) is 6.24. The smallest absolute Gasteiger partial charge is 0.314 e. The van der Waals surface area contributed by atoms with Gasteiger partial charge in [0.05, 0.1) is 11.0 Å². The lowest BCUT2D eigenvalue weighted by Crippen LogP contribution is -2.28. The molecule has 0 aliphatic rings. The molecule has 1 atom stereocenters. The Hall–Kier alpha value is -2.30. The number of allylic oxidation sites excluding steroid dienone is 1. The van der Waals surface area contributed by atoms with Gasteiger partial charge in [0.25, 0.3) is 0 Å². The first kappa shape index (κ1) is 13.1. The van der Waals surface area contributed by atoms with Gasteiger partial charge < -0.3 is 15.3 Å². The van der Waals surface area contributed by atoms with Gasteiger partial charge in [-0.15, -0.1) is 6.58 Å². The largest absolute Gasteiger partial charge is 0.383 e. The molecule has 19 heavy (non-hydrogen) atoms. The topological polar surface area (TPSA) is 77.8 Å². The molecule has 1 aromatic carbocycles. The minimum atomic E-state index is -0.635. The van der Waals surface area contributed by atoms with Gasteiger partial charge in [-0.05, 0) is 38.0 Å². The Morgan fingerprint density at radius 2 is 1.95 bits per heavy atom. The zero-order valence-corrected chi connectivity index (χ0v) is 10.8. The van der Waals surface area contributed by atoms with Crippen LogP contribution in [-0.2, 0) is 0 Å². The van der Waals surface area contributed by atoms with Gasteiger partial charge in [0, 0.05) is 11.7 Å². The summed E-state index contributed by atoms with van der Waals surface area (Å²) in [6.07, 6.45) is 3.83. The van der Waals surface area contributed by atoms with Crippen LogP contribution in [0.25, 0.3) is 11.0 Å². The monoisotopic (exact) mass is 259 g/mol. The summed E-state index contributed by atoms with van der Waals surface area (Å²) < 4.78 is 0. The van der Waals surface area contributed by atoms with Crippen molar-refractivity contribution in [3.8, 4) is 0 Å². The number of anilines is 1. The fourth-order valence-corrected chi connectivity index (χ4v) is 1.93. The maximum Gasteiger partial charge on any atom is 0.314 e. The third kappa shape index (κ3) is 3.13. The molecule has 1 aromatic heterocycles. The zero-order chi connectivity index (χ0) is 13.8. The van der Waals surface area contributed by atoms with E-state index in [2.05, 4.69) is 28.8 Å². The average Bonchev–Trinajstić information content (AvgIpc) is 2.38. The molecule has 100 valence electrons. The van der Waals surface area contributed by atoms with Crippen LogP contribution in [0.2, 0.25) is 0 Å². The van der Waals surface area contributed by atoms with E-state index in [0.29, 0.717) is 17.1 Å². The van der Waals surface area contributed by atoms with Gasteiger partial charge >= 0.3 is 11.1 Å². The molecule has 0 amide bonds. The van der Waals surface area contributed by atoms with Gasteiger partial charge in [0.1, 0.15) is 0 Å². The van der Waals surface area contributed by atoms with Crippen molar-refractivity contribution >= 4 is 16.7 Å². The molecular formula is C14H17N3O2. The fourth-order valence-electron chi connectivity index (χ4n) is 1.93. The minimum Gasteiger partial charge on any atom is -0.383 e. The molecule has 1 unspecified atom stereocenters. The van der Waals surface area contributed by atoms with Crippen LogP contribution < -0.4 is 16.4 Å². The summed E-state index contributed by atoms with van der Waals surface area (Å²) in [7, 11) is 0. The number of benzene rings is 1. The SMILES string of the molecule is C=CCCC(C)Nc1ccc2[nH]c(=O)c(=O)[nH]c2c1. The van der Waals surface area contributed by atoms with E-state index in [1.165, 1.54) is 0 Å². The van der Waals surface area contributed by atoms with Crippen LogP contribution in [0.15, 0.2) is 40.4 Å². The van der Waals surface area contributed by atoms with E-state index in [-0.39, 0.29) is 0 Å². The van der Waals surface area contributed by atoms with E-state index in [9.17, 15) is 9.59 Å². The van der Waals surface area contributed by atoms with Crippen LogP contribution in [0.1, 0.15) is 19.8 Å². The lowest BCUT2D eigenvalue weighted by atomic mass is 10.1. The standard InChI is InChI=1S/C14H17N3O2/c1-3-4-5-9(2)15-10-6-7-11-12(8-10)17-14(19)13(18)16-11/h3,6-9,15H,1,4-5H2,2H3,(H,16,18)(H,17,19). The van der Waals surface area contributed by atoms with Crippen molar-refractivity contribution in [3.05, 3.63) is 51.6 Å². The Balaban J connectivity index is 2.26. The molecule has 2 aromatic rings. The predicted octanol–water partition coefficient (Wildman–Crippen LogP) is 1.98. The van der Waals surface area contributed by atoms with Crippen LogP contribution in [-0.4, -0.2) is 16.0 Å². The van der Waals surface area contributed by atoms with Crippen LogP contribution in [0.3, 0.4) is 0 Å². The highest BCUT2D eigenvalue weighted by molar-refractivity contribution is 5.78.